The molecule has 0 amide bonds. The molecule has 1 aromatic heterocycles. The first-order valence-corrected chi connectivity index (χ1v) is 10.7. The first-order valence-electron chi connectivity index (χ1n) is 8.39. The van der Waals surface area contributed by atoms with Crippen molar-refractivity contribution < 1.29 is 12.8 Å². The van der Waals surface area contributed by atoms with Crippen LogP contribution in [0.25, 0.3) is 33.4 Å². The van der Waals surface area contributed by atoms with E-state index in [9.17, 15) is 13.2 Å². The van der Waals surface area contributed by atoms with Crippen molar-refractivity contribution in [2.45, 2.75) is 4.90 Å². The van der Waals surface area contributed by atoms with Gasteiger partial charge in [0.1, 0.15) is 11.3 Å². The summed E-state index contributed by atoms with van der Waals surface area (Å²) in [6.07, 6.45) is 0. The van der Waals surface area contributed by atoms with E-state index in [2.05, 4.69) is 0 Å². The molecule has 29 heavy (non-hydrogen) atoms. The van der Waals surface area contributed by atoms with Gasteiger partial charge >= 0.3 is 0 Å². The molecule has 3 aromatic carbocycles. The van der Waals surface area contributed by atoms with Gasteiger partial charge in [0, 0.05) is 15.6 Å². The van der Waals surface area contributed by atoms with E-state index in [1.165, 1.54) is 24.3 Å². The van der Waals surface area contributed by atoms with E-state index in [0.717, 1.165) is 0 Å². The second-order valence-electron chi connectivity index (χ2n) is 6.36. The molecule has 2 N–H and O–H groups in total. The van der Waals surface area contributed by atoms with Crippen LogP contribution in [-0.2, 0) is 10.0 Å². The Hall–Kier alpha value is -2.64. The summed E-state index contributed by atoms with van der Waals surface area (Å²) in [5, 5.41) is 6.32. The normalized spacial score (nSPS) is 11.7. The van der Waals surface area contributed by atoms with Gasteiger partial charge in [0.15, 0.2) is 0 Å². The fourth-order valence-corrected chi connectivity index (χ4v) is 4.14. The minimum atomic E-state index is -3.85. The first-order chi connectivity index (χ1) is 13.7. The molecule has 4 rings (SSSR count). The lowest BCUT2D eigenvalue weighted by atomic mass is 9.98. The number of benzene rings is 3. The van der Waals surface area contributed by atoms with Gasteiger partial charge in [-0.1, -0.05) is 35.3 Å². The van der Waals surface area contributed by atoms with Crippen LogP contribution in [0.4, 0.5) is 0 Å². The van der Waals surface area contributed by atoms with Crippen molar-refractivity contribution in [3.63, 3.8) is 0 Å². The zero-order chi connectivity index (χ0) is 20.8. The minimum absolute atomic E-state index is 0.0447. The molecule has 0 bridgehead atoms. The molecule has 0 saturated heterocycles. The number of hydrogen-bond acceptors (Lipinski definition) is 4. The Labute approximate surface area is 176 Å². The van der Waals surface area contributed by atoms with E-state index >= 15 is 0 Å². The lowest BCUT2D eigenvalue weighted by Crippen LogP contribution is -2.12. The molecule has 146 valence electrons. The number of fused-ring (bicyclic) bond motifs is 1. The van der Waals surface area contributed by atoms with Gasteiger partial charge < -0.3 is 4.42 Å². The largest absolute Gasteiger partial charge is 0.455 e. The molecule has 0 unspecified atom stereocenters. The van der Waals surface area contributed by atoms with Gasteiger partial charge in [-0.3, -0.25) is 4.79 Å². The van der Waals surface area contributed by atoms with Crippen LogP contribution in [0.15, 0.2) is 80.8 Å². The third-order valence-electron chi connectivity index (χ3n) is 4.39. The average molecular weight is 446 g/mol. The van der Waals surface area contributed by atoms with Gasteiger partial charge in [-0.15, -0.1) is 0 Å². The summed E-state index contributed by atoms with van der Waals surface area (Å²) in [5.41, 5.74) is 1.42. The van der Waals surface area contributed by atoms with Crippen molar-refractivity contribution in [2.75, 3.05) is 0 Å². The van der Waals surface area contributed by atoms with Crippen molar-refractivity contribution in [1.29, 1.82) is 0 Å². The Morgan fingerprint density at radius 2 is 1.45 bits per heavy atom. The number of halogens is 2. The van der Waals surface area contributed by atoms with E-state index in [4.69, 9.17) is 32.8 Å². The predicted octanol–water partition coefficient (Wildman–Crippen LogP) is 5.08. The summed E-state index contributed by atoms with van der Waals surface area (Å²) < 4.78 is 29.1. The zero-order valence-corrected chi connectivity index (χ0v) is 17.1. The Bertz CT molecular complexity index is 1390. The van der Waals surface area contributed by atoms with E-state index < -0.39 is 10.0 Å². The SMILES string of the molecule is NS(=O)(=O)c1ccc(-c2oc3ccccc3c(=O)c2-c2cc(Cl)cc(Cl)c2)cc1. The molecule has 0 aliphatic heterocycles. The Morgan fingerprint density at radius 3 is 2.07 bits per heavy atom. The number of sulfonamides is 1. The molecule has 0 aliphatic rings. The lowest BCUT2D eigenvalue weighted by molar-refractivity contribution is 0.597. The number of hydrogen-bond donors (Lipinski definition) is 1. The summed E-state index contributed by atoms with van der Waals surface area (Å²) in [5.74, 6) is 0.271. The first kappa shape index (κ1) is 19.7. The molecule has 0 fully saturated rings. The van der Waals surface area contributed by atoms with Gasteiger partial charge in [0.2, 0.25) is 15.5 Å². The fraction of sp³-hybridized carbons (Fsp3) is 0. The maximum atomic E-state index is 13.3. The molecule has 8 heteroatoms. The number of primary sulfonamides is 1. The van der Waals surface area contributed by atoms with E-state index in [1.54, 1.807) is 42.5 Å². The summed E-state index contributed by atoms with van der Waals surface area (Å²) in [6, 6.07) is 17.4. The molecule has 0 aliphatic carbocycles. The number of para-hydroxylation sites is 1. The van der Waals surface area contributed by atoms with Crippen molar-refractivity contribution in [2.24, 2.45) is 5.14 Å². The van der Waals surface area contributed by atoms with Crippen LogP contribution in [0.5, 0.6) is 0 Å². The Kier molecular flexibility index (Phi) is 4.96. The van der Waals surface area contributed by atoms with Crippen LogP contribution >= 0.6 is 23.2 Å². The van der Waals surface area contributed by atoms with Crippen molar-refractivity contribution in [3.8, 4) is 22.5 Å². The average Bonchev–Trinajstić information content (AvgIpc) is 2.66. The van der Waals surface area contributed by atoms with E-state index in [-0.39, 0.29) is 21.6 Å². The quantitative estimate of drug-likeness (QED) is 0.475. The maximum Gasteiger partial charge on any atom is 0.238 e. The van der Waals surface area contributed by atoms with Gasteiger partial charge in [0.25, 0.3) is 0 Å². The predicted molar refractivity (Wildman–Crippen MR) is 115 cm³/mol. The van der Waals surface area contributed by atoms with Crippen LogP contribution in [-0.4, -0.2) is 8.42 Å². The highest BCUT2D eigenvalue weighted by atomic mass is 35.5. The molecule has 0 atom stereocenters. The summed E-state index contributed by atoms with van der Waals surface area (Å²) >= 11 is 12.3. The van der Waals surface area contributed by atoms with Gasteiger partial charge in [-0.05, 0) is 60.2 Å². The van der Waals surface area contributed by atoms with Crippen LogP contribution in [0.2, 0.25) is 10.0 Å². The highest BCUT2D eigenvalue weighted by Crippen LogP contribution is 2.35. The van der Waals surface area contributed by atoms with Crippen LogP contribution < -0.4 is 10.6 Å². The minimum Gasteiger partial charge on any atom is -0.455 e. The highest BCUT2D eigenvalue weighted by Gasteiger charge is 2.19. The van der Waals surface area contributed by atoms with Crippen molar-refractivity contribution >= 4 is 44.2 Å². The summed E-state index contributed by atoms with van der Waals surface area (Å²) in [7, 11) is -3.85. The van der Waals surface area contributed by atoms with Crippen LogP contribution in [0, 0.1) is 0 Å². The molecule has 4 aromatic rings. The number of rotatable bonds is 3. The second kappa shape index (κ2) is 7.31. The summed E-state index contributed by atoms with van der Waals surface area (Å²) in [4.78, 5) is 13.3. The molecule has 0 spiro atoms. The second-order valence-corrected chi connectivity index (χ2v) is 8.79. The van der Waals surface area contributed by atoms with Gasteiger partial charge in [-0.25, -0.2) is 13.6 Å². The van der Waals surface area contributed by atoms with Crippen LogP contribution in [0.1, 0.15) is 0 Å². The van der Waals surface area contributed by atoms with Gasteiger partial charge in [-0.2, -0.15) is 0 Å². The number of nitrogens with two attached hydrogens (primary N) is 1. The zero-order valence-electron chi connectivity index (χ0n) is 14.7. The topological polar surface area (TPSA) is 90.4 Å². The maximum absolute atomic E-state index is 13.3. The van der Waals surface area contributed by atoms with E-state index in [0.29, 0.717) is 32.1 Å². The highest BCUT2D eigenvalue weighted by molar-refractivity contribution is 7.89. The third kappa shape index (κ3) is 3.80. The molecular weight excluding hydrogens is 433 g/mol. The molecular formula is C21H13Cl2NO4S. The van der Waals surface area contributed by atoms with E-state index in [1.807, 2.05) is 0 Å². The summed E-state index contributed by atoms with van der Waals surface area (Å²) in [6.45, 7) is 0. The molecule has 0 saturated carbocycles. The Morgan fingerprint density at radius 1 is 0.828 bits per heavy atom. The molecule has 5 nitrogen and oxygen atoms in total. The van der Waals surface area contributed by atoms with Crippen molar-refractivity contribution in [3.05, 3.63) is 87.0 Å². The molecule has 1 heterocycles. The lowest BCUT2D eigenvalue weighted by Gasteiger charge is -2.12. The monoisotopic (exact) mass is 445 g/mol. The third-order valence-corrected chi connectivity index (χ3v) is 5.76. The molecule has 0 radical (unpaired) electrons. The van der Waals surface area contributed by atoms with Gasteiger partial charge in [0.05, 0.1) is 15.8 Å². The standard InChI is InChI=1S/C21H13Cl2NO4S/c22-14-9-13(10-15(23)11-14)19-20(25)17-3-1-2-4-18(17)28-21(19)12-5-7-16(8-6-12)29(24,26)27/h1-11H,(H2,24,26,27). The fourth-order valence-electron chi connectivity index (χ4n) is 3.10. The van der Waals surface area contributed by atoms with Crippen molar-refractivity contribution in [1.82, 2.24) is 0 Å². The smallest absolute Gasteiger partial charge is 0.238 e. The van der Waals surface area contributed by atoms with Crippen LogP contribution in [0.3, 0.4) is 0 Å². The Balaban J connectivity index is 2.06.